The molecule has 0 spiro atoms. The Morgan fingerprint density at radius 2 is 1.86 bits per heavy atom. The van der Waals surface area contributed by atoms with E-state index in [1.54, 1.807) is 23.5 Å². The van der Waals surface area contributed by atoms with Gasteiger partial charge in [0.05, 0.1) is 20.3 Å². The average Bonchev–Trinajstić information content (AvgIpc) is 3.17. The summed E-state index contributed by atoms with van der Waals surface area (Å²) in [4.78, 5) is 31.3. The molecule has 0 aliphatic heterocycles. The van der Waals surface area contributed by atoms with Gasteiger partial charge < -0.3 is 0 Å². The fourth-order valence-electron chi connectivity index (χ4n) is 1.82. The first-order chi connectivity index (χ1) is 10.5. The Morgan fingerprint density at radius 3 is 2.50 bits per heavy atom. The number of rotatable bonds is 4. The molecule has 0 aliphatic carbocycles. The number of thiophene rings is 2. The molecule has 0 bridgehead atoms. The lowest BCUT2D eigenvalue weighted by atomic mass is 10.3. The molecule has 7 heteroatoms. The van der Waals surface area contributed by atoms with Crippen molar-refractivity contribution in [3.8, 4) is 10.6 Å². The number of amides is 1. The van der Waals surface area contributed by atoms with Gasteiger partial charge in [0.15, 0.2) is 10.9 Å². The zero-order valence-electron chi connectivity index (χ0n) is 11.9. The SMILES string of the molecule is CC(=O)c1ccc(C(=O)Nc2nc(-c3ccc(C)s3)cs2)s1. The molecule has 22 heavy (non-hydrogen) atoms. The van der Waals surface area contributed by atoms with Gasteiger partial charge in [-0.25, -0.2) is 4.98 Å². The van der Waals surface area contributed by atoms with Crippen molar-refractivity contribution in [2.75, 3.05) is 5.32 Å². The van der Waals surface area contributed by atoms with Crippen molar-refractivity contribution >= 4 is 50.8 Å². The van der Waals surface area contributed by atoms with E-state index < -0.39 is 0 Å². The minimum absolute atomic E-state index is 0.0337. The Bertz CT molecular complexity index is 844. The van der Waals surface area contributed by atoms with Crippen molar-refractivity contribution in [3.63, 3.8) is 0 Å². The van der Waals surface area contributed by atoms with Crippen LogP contribution < -0.4 is 5.32 Å². The molecule has 0 saturated heterocycles. The molecule has 112 valence electrons. The Labute approximate surface area is 139 Å². The minimum Gasteiger partial charge on any atom is -0.297 e. The second-order valence-electron chi connectivity index (χ2n) is 4.62. The van der Waals surface area contributed by atoms with Gasteiger partial charge in [-0.2, -0.15) is 0 Å². The van der Waals surface area contributed by atoms with E-state index in [1.807, 2.05) is 24.4 Å². The number of Topliss-reactive ketones (excluding diaryl/α,β-unsaturated/α-hetero) is 1. The Balaban J connectivity index is 1.74. The van der Waals surface area contributed by atoms with Crippen molar-refractivity contribution < 1.29 is 9.59 Å². The molecule has 3 rings (SSSR count). The van der Waals surface area contributed by atoms with E-state index in [0.29, 0.717) is 14.9 Å². The van der Waals surface area contributed by atoms with Gasteiger partial charge >= 0.3 is 0 Å². The first-order valence-corrected chi connectivity index (χ1v) is 8.98. The van der Waals surface area contributed by atoms with Crippen LogP contribution in [0.5, 0.6) is 0 Å². The van der Waals surface area contributed by atoms with Gasteiger partial charge in [-0.05, 0) is 38.1 Å². The molecular formula is C15H12N2O2S3. The van der Waals surface area contributed by atoms with E-state index in [0.717, 1.165) is 10.6 Å². The van der Waals surface area contributed by atoms with Gasteiger partial charge in [0, 0.05) is 10.3 Å². The van der Waals surface area contributed by atoms with Crippen LogP contribution >= 0.6 is 34.0 Å². The van der Waals surface area contributed by atoms with Crippen LogP contribution in [0.2, 0.25) is 0 Å². The van der Waals surface area contributed by atoms with E-state index in [-0.39, 0.29) is 11.7 Å². The van der Waals surface area contributed by atoms with Crippen molar-refractivity contribution in [2.45, 2.75) is 13.8 Å². The topological polar surface area (TPSA) is 59.1 Å². The van der Waals surface area contributed by atoms with Crippen LogP contribution in [-0.4, -0.2) is 16.7 Å². The predicted molar refractivity (Wildman–Crippen MR) is 92.4 cm³/mol. The second-order valence-corrected chi connectivity index (χ2v) is 7.85. The monoisotopic (exact) mass is 348 g/mol. The summed E-state index contributed by atoms with van der Waals surface area (Å²) in [7, 11) is 0. The van der Waals surface area contributed by atoms with Gasteiger partial charge in [-0.1, -0.05) is 0 Å². The standard InChI is InChI=1S/C15H12N2O2S3/c1-8-3-4-12(21-8)10-7-20-15(16-10)17-14(19)13-6-5-11(22-13)9(2)18/h3-7H,1-2H3,(H,16,17,19). The van der Waals surface area contributed by atoms with Gasteiger partial charge in [0.25, 0.3) is 5.91 Å². The smallest absolute Gasteiger partial charge is 0.267 e. The summed E-state index contributed by atoms with van der Waals surface area (Å²) in [6.07, 6.45) is 0. The third-order valence-electron chi connectivity index (χ3n) is 2.89. The first kappa shape index (κ1) is 15.1. The third kappa shape index (κ3) is 3.16. The molecule has 3 aromatic rings. The molecule has 0 aliphatic rings. The Kier molecular flexibility index (Phi) is 4.19. The highest BCUT2D eigenvalue weighted by Crippen LogP contribution is 2.30. The van der Waals surface area contributed by atoms with Gasteiger partial charge in [0.2, 0.25) is 0 Å². The number of nitrogens with one attached hydrogen (secondary N) is 1. The van der Waals surface area contributed by atoms with Crippen LogP contribution in [0, 0.1) is 6.92 Å². The maximum absolute atomic E-state index is 12.2. The molecule has 3 aromatic heterocycles. The van der Waals surface area contributed by atoms with Crippen LogP contribution in [0.4, 0.5) is 5.13 Å². The van der Waals surface area contributed by atoms with E-state index >= 15 is 0 Å². The predicted octanol–water partition coefficient (Wildman–Crippen LogP) is 4.70. The average molecular weight is 348 g/mol. The van der Waals surface area contributed by atoms with Crippen LogP contribution in [0.1, 0.15) is 31.1 Å². The number of thiazole rings is 1. The van der Waals surface area contributed by atoms with Crippen molar-refractivity contribution in [1.82, 2.24) is 4.98 Å². The zero-order valence-corrected chi connectivity index (χ0v) is 14.3. The minimum atomic E-state index is -0.235. The highest BCUT2D eigenvalue weighted by Gasteiger charge is 2.14. The molecule has 0 aromatic carbocycles. The maximum atomic E-state index is 12.2. The van der Waals surface area contributed by atoms with Gasteiger partial charge in [0.1, 0.15) is 0 Å². The van der Waals surface area contributed by atoms with E-state index in [9.17, 15) is 9.59 Å². The summed E-state index contributed by atoms with van der Waals surface area (Å²) in [6, 6.07) is 7.41. The number of anilines is 1. The molecule has 1 amide bonds. The molecule has 3 heterocycles. The highest BCUT2D eigenvalue weighted by molar-refractivity contribution is 7.17. The fourth-order valence-corrected chi connectivity index (χ4v) is 4.23. The van der Waals surface area contributed by atoms with Gasteiger partial charge in [-0.15, -0.1) is 34.0 Å². The van der Waals surface area contributed by atoms with E-state index in [2.05, 4.69) is 10.3 Å². The van der Waals surface area contributed by atoms with Crippen molar-refractivity contribution in [2.24, 2.45) is 0 Å². The van der Waals surface area contributed by atoms with E-state index in [1.165, 1.54) is 34.5 Å². The second kappa shape index (κ2) is 6.12. The summed E-state index contributed by atoms with van der Waals surface area (Å²) in [6.45, 7) is 3.54. The van der Waals surface area contributed by atoms with Crippen LogP contribution in [0.25, 0.3) is 10.6 Å². The van der Waals surface area contributed by atoms with Crippen LogP contribution in [0.3, 0.4) is 0 Å². The van der Waals surface area contributed by atoms with Crippen LogP contribution in [0.15, 0.2) is 29.6 Å². The van der Waals surface area contributed by atoms with Crippen LogP contribution in [-0.2, 0) is 0 Å². The summed E-state index contributed by atoms with van der Waals surface area (Å²) in [5.41, 5.74) is 0.869. The summed E-state index contributed by atoms with van der Waals surface area (Å²) < 4.78 is 0. The Hall–Kier alpha value is -1.83. The largest absolute Gasteiger partial charge is 0.297 e. The van der Waals surface area contributed by atoms with E-state index in [4.69, 9.17) is 0 Å². The number of carbonyl (C=O) groups excluding carboxylic acids is 2. The lowest BCUT2D eigenvalue weighted by Crippen LogP contribution is -2.09. The normalized spacial score (nSPS) is 10.6. The zero-order chi connectivity index (χ0) is 15.7. The quantitative estimate of drug-likeness (QED) is 0.696. The molecular weight excluding hydrogens is 336 g/mol. The summed E-state index contributed by atoms with van der Waals surface area (Å²) >= 11 is 4.26. The first-order valence-electron chi connectivity index (χ1n) is 6.47. The number of hydrogen-bond acceptors (Lipinski definition) is 6. The molecule has 1 N–H and O–H groups in total. The molecule has 0 saturated carbocycles. The molecule has 0 fully saturated rings. The maximum Gasteiger partial charge on any atom is 0.267 e. The fraction of sp³-hybridized carbons (Fsp3) is 0.133. The molecule has 0 radical (unpaired) electrons. The molecule has 0 atom stereocenters. The number of hydrogen-bond donors (Lipinski definition) is 1. The Morgan fingerprint density at radius 1 is 1.09 bits per heavy atom. The number of carbonyl (C=O) groups is 2. The highest BCUT2D eigenvalue weighted by atomic mass is 32.1. The van der Waals surface area contributed by atoms with Crippen molar-refractivity contribution in [1.29, 1.82) is 0 Å². The third-order valence-corrected chi connectivity index (χ3v) is 5.86. The number of aromatic nitrogens is 1. The molecule has 0 unspecified atom stereocenters. The summed E-state index contributed by atoms with van der Waals surface area (Å²) in [5.74, 6) is -0.269. The lowest BCUT2D eigenvalue weighted by molar-refractivity contribution is 0.101. The molecule has 4 nitrogen and oxygen atoms in total. The number of nitrogens with zero attached hydrogens (tertiary/aromatic N) is 1. The number of ketones is 1. The lowest BCUT2D eigenvalue weighted by Gasteiger charge is -1.97. The summed E-state index contributed by atoms with van der Waals surface area (Å²) in [5, 5.41) is 5.27. The van der Waals surface area contributed by atoms with Gasteiger partial charge in [-0.3, -0.25) is 14.9 Å². The van der Waals surface area contributed by atoms with Crippen molar-refractivity contribution in [3.05, 3.63) is 44.3 Å². The number of aryl methyl sites for hydroxylation is 1.